The molecule has 0 amide bonds. The Morgan fingerprint density at radius 3 is 2.48 bits per heavy atom. The van der Waals surface area contributed by atoms with E-state index in [1.807, 2.05) is 12.1 Å². The predicted octanol–water partition coefficient (Wildman–Crippen LogP) is 3.91. The smallest absolute Gasteiger partial charge is 0.335 e. The molecule has 0 aliphatic carbocycles. The number of aromatic carboxylic acids is 1. The lowest BCUT2D eigenvalue weighted by Gasteiger charge is -2.04. The highest BCUT2D eigenvalue weighted by Gasteiger charge is 2.10. The molecule has 21 heavy (non-hydrogen) atoms. The van der Waals surface area contributed by atoms with Crippen LogP contribution < -0.4 is 5.73 Å². The van der Waals surface area contributed by atoms with Crippen molar-refractivity contribution < 1.29 is 14.3 Å². The summed E-state index contributed by atoms with van der Waals surface area (Å²) in [6.07, 6.45) is 0. The Morgan fingerprint density at radius 2 is 1.86 bits per heavy atom. The summed E-state index contributed by atoms with van der Waals surface area (Å²) >= 11 is 6.24. The van der Waals surface area contributed by atoms with E-state index >= 15 is 0 Å². The molecule has 0 atom stereocenters. The van der Waals surface area contributed by atoms with Crippen LogP contribution in [0.15, 0.2) is 46.9 Å². The van der Waals surface area contributed by atoms with Gasteiger partial charge in [0, 0.05) is 5.39 Å². The van der Waals surface area contributed by atoms with Crippen molar-refractivity contribution in [3.05, 3.63) is 58.8 Å². The number of benzene rings is 2. The zero-order valence-electron chi connectivity index (χ0n) is 11.0. The fourth-order valence-corrected chi connectivity index (χ4v) is 2.50. The molecule has 0 spiro atoms. The molecule has 4 nitrogen and oxygen atoms in total. The molecule has 0 radical (unpaired) electrons. The number of halogens is 1. The maximum atomic E-state index is 10.9. The normalized spacial score (nSPS) is 11.0. The number of carbonyl (C=O) groups is 1. The molecular formula is C16H12ClNO3. The fourth-order valence-electron chi connectivity index (χ4n) is 2.24. The highest BCUT2D eigenvalue weighted by Crippen LogP contribution is 2.32. The Balaban J connectivity index is 2.09. The zero-order chi connectivity index (χ0) is 15.0. The van der Waals surface area contributed by atoms with E-state index in [4.69, 9.17) is 26.9 Å². The van der Waals surface area contributed by atoms with Crippen molar-refractivity contribution in [2.75, 3.05) is 0 Å². The van der Waals surface area contributed by atoms with E-state index in [0.29, 0.717) is 22.9 Å². The minimum Gasteiger partial charge on any atom is -0.478 e. The molecule has 0 aliphatic rings. The van der Waals surface area contributed by atoms with Crippen LogP contribution in [0.3, 0.4) is 0 Å². The van der Waals surface area contributed by atoms with Crippen LogP contribution in [0.25, 0.3) is 22.1 Å². The molecule has 3 rings (SSSR count). The van der Waals surface area contributed by atoms with Gasteiger partial charge in [0.25, 0.3) is 0 Å². The number of carboxylic acid groups (broad SMARTS) is 1. The standard InChI is InChI=1S/C16H12ClNO3/c17-14-7-11(5-12-6-13(8-18)21-15(12)14)9-1-3-10(4-2-9)16(19)20/h1-7H,8,18H2,(H,19,20). The Hall–Kier alpha value is -2.30. The molecule has 3 aromatic rings. The summed E-state index contributed by atoms with van der Waals surface area (Å²) in [5, 5.41) is 10.3. The van der Waals surface area contributed by atoms with E-state index in [0.717, 1.165) is 16.5 Å². The summed E-state index contributed by atoms with van der Waals surface area (Å²) in [6, 6.07) is 12.2. The van der Waals surface area contributed by atoms with Gasteiger partial charge in [-0.2, -0.15) is 0 Å². The summed E-state index contributed by atoms with van der Waals surface area (Å²) < 4.78 is 5.55. The molecule has 0 bridgehead atoms. The van der Waals surface area contributed by atoms with Crippen LogP contribution in [0.1, 0.15) is 16.1 Å². The number of hydrogen-bond acceptors (Lipinski definition) is 3. The van der Waals surface area contributed by atoms with Crippen molar-refractivity contribution in [1.29, 1.82) is 0 Å². The zero-order valence-corrected chi connectivity index (χ0v) is 11.7. The molecule has 0 fully saturated rings. The van der Waals surface area contributed by atoms with E-state index in [1.165, 1.54) is 0 Å². The van der Waals surface area contributed by atoms with Crippen molar-refractivity contribution in [1.82, 2.24) is 0 Å². The van der Waals surface area contributed by atoms with Crippen LogP contribution in [0.5, 0.6) is 0 Å². The molecule has 1 aromatic heterocycles. The number of hydrogen-bond donors (Lipinski definition) is 2. The van der Waals surface area contributed by atoms with Gasteiger partial charge in [0.2, 0.25) is 0 Å². The third-order valence-corrected chi connectivity index (χ3v) is 3.57. The lowest BCUT2D eigenvalue weighted by Crippen LogP contribution is -1.94. The van der Waals surface area contributed by atoms with Crippen LogP contribution >= 0.6 is 11.6 Å². The molecule has 0 saturated carbocycles. The second-order valence-electron chi connectivity index (χ2n) is 4.68. The first-order chi connectivity index (χ1) is 10.1. The largest absolute Gasteiger partial charge is 0.478 e. The molecule has 3 N–H and O–H groups in total. The van der Waals surface area contributed by atoms with Gasteiger partial charge >= 0.3 is 5.97 Å². The molecular weight excluding hydrogens is 290 g/mol. The van der Waals surface area contributed by atoms with E-state index in [1.54, 1.807) is 30.3 Å². The number of furan rings is 1. The molecule has 0 aliphatic heterocycles. The van der Waals surface area contributed by atoms with Gasteiger partial charge in [-0.05, 0) is 41.5 Å². The predicted molar refractivity (Wildman–Crippen MR) is 81.5 cm³/mol. The van der Waals surface area contributed by atoms with Crippen LogP contribution in [-0.2, 0) is 6.54 Å². The van der Waals surface area contributed by atoms with Gasteiger partial charge in [0.1, 0.15) is 5.76 Å². The van der Waals surface area contributed by atoms with Crippen molar-refractivity contribution in [3.8, 4) is 11.1 Å². The molecule has 5 heteroatoms. The Morgan fingerprint density at radius 1 is 1.14 bits per heavy atom. The summed E-state index contributed by atoms with van der Waals surface area (Å²) in [5.74, 6) is -0.275. The number of rotatable bonds is 3. The lowest BCUT2D eigenvalue weighted by molar-refractivity contribution is 0.0697. The first kappa shape index (κ1) is 13.7. The van der Waals surface area contributed by atoms with Gasteiger partial charge < -0.3 is 15.3 Å². The van der Waals surface area contributed by atoms with Gasteiger partial charge in [-0.25, -0.2) is 4.79 Å². The Labute approximate surface area is 125 Å². The molecule has 0 unspecified atom stereocenters. The summed E-state index contributed by atoms with van der Waals surface area (Å²) in [4.78, 5) is 10.9. The molecule has 106 valence electrons. The molecule has 2 aromatic carbocycles. The Kier molecular flexibility index (Phi) is 3.41. The average molecular weight is 302 g/mol. The lowest BCUT2D eigenvalue weighted by atomic mass is 10.0. The Bertz CT molecular complexity index is 821. The maximum absolute atomic E-state index is 10.9. The number of fused-ring (bicyclic) bond motifs is 1. The van der Waals surface area contributed by atoms with Crippen molar-refractivity contribution in [3.63, 3.8) is 0 Å². The number of carboxylic acids is 1. The van der Waals surface area contributed by atoms with E-state index in [2.05, 4.69) is 0 Å². The average Bonchev–Trinajstić information content (AvgIpc) is 2.91. The highest BCUT2D eigenvalue weighted by atomic mass is 35.5. The topological polar surface area (TPSA) is 76.5 Å². The van der Waals surface area contributed by atoms with E-state index < -0.39 is 5.97 Å². The first-order valence-electron chi connectivity index (χ1n) is 6.34. The van der Waals surface area contributed by atoms with E-state index in [9.17, 15) is 4.79 Å². The first-order valence-corrected chi connectivity index (χ1v) is 6.72. The number of nitrogens with two attached hydrogens (primary N) is 1. The maximum Gasteiger partial charge on any atom is 0.335 e. The monoisotopic (exact) mass is 301 g/mol. The summed E-state index contributed by atoms with van der Waals surface area (Å²) in [7, 11) is 0. The van der Waals surface area contributed by atoms with Crippen LogP contribution in [-0.4, -0.2) is 11.1 Å². The van der Waals surface area contributed by atoms with Gasteiger partial charge in [-0.1, -0.05) is 23.7 Å². The van der Waals surface area contributed by atoms with E-state index in [-0.39, 0.29) is 5.56 Å². The second-order valence-corrected chi connectivity index (χ2v) is 5.08. The van der Waals surface area contributed by atoms with Gasteiger partial charge in [-0.3, -0.25) is 0 Å². The van der Waals surface area contributed by atoms with Crippen LogP contribution in [0.2, 0.25) is 5.02 Å². The third-order valence-electron chi connectivity index (χ3n) is 3.29. The van der Waals surface area contributed by atoms with Crippen LogP contribution in [0.4, 0.5) is 0 Å². The minimum absolute atomic E-state index is 0.250. The van der Waals surface area contributed by atoms with Crippen molar-refractivity contribution >= 4 is 28.5 Å². The van der Waals surface area contributed by atoms with Gasteiger partial charge in [-0.15, -0.1) is 0 Å². The fraction of sp³-hybridized carbons (Fsp3) is 0.0625. The third kappa shape index (κ3) is 2.51. The van der Waals surface area contributed by atoms with Crippen LogP contribution in [0, 0.1) is 0 Å². The quantitative estimate of drug-likeness (QED) is 0.769. The van der Waals surface area contributed by atoms with Gasteiger partial charge in [0.15, 0.2) is 5.58 Å². The molecule has 0 saturated heterocycles. The van der Waals surface area contributed by atoms with Crippen molar-refractivity contribution in [2.24, 2.45) is 5.73 Å². The summed E-state index contributed by atoms with van der Waals surface area (Å²) in [6.45, 7) is 0.313. The van der Waals surface area contributed by atoms with Gasteiger partial charge in [0.05, 0.1) is 17.1 Å². The SMILES string of the molecule is NCc1cc2cc(-c3ccc(C(=O)O)cc3)cc(Cl)c2o1. The minimum atomic E-state index is -0.947. The van der Waals surface area contributed by atoms with Crippen molar-refractivity contribution in [2.45, 2.75) is 6.54 Å². The molecule has 1 heterocycles. The second kappa shape index (κ2) is 5.24. The summed E-state index contributed by atoms with van der Waals surface area (Å²) in [5.41, 5.74) is 8.21. The highest BCUT2D eigenvalue weighted by molar-refractivity contribution is 6.35.